The van der Waals surface area contributed by atoms with Gasteiger partial charge in [0.2, 0.25) is 5.91 Å². The molecule has 1 unspecified atom stereocenters. The number of hydrogen-bond donors (Lipinski definition) is 1. The lowest BCUT2D eigenvalue weighted by molar-refractivity contribution is -0.115. The van der Waals surface area contributed by atoms with Crippen molar-refractivity contribution in [1.82, 2.24) is 4.98 Å². The van der Waals surface area contributed by atoms with Crippen molar-refractivity contribution in [3.8, 4) is 28.8 Å². The molecular formula is C24H23N3O3S. The first kappa shape index (κ1) is 22.2. The number of rotatable bonds is 8. The van der Waals surface area contributed by atoms with E-state index < -0.39 is 5.25 Å². The lowest BCUT2D eigenvalue weighted by Crippen LogP contribution is -2.22. The van der Waals surface area contributed by atoms with Crippen LogP contribution >= 0.6 is 11.8 Å². The average Bonchev–Trinajstić information content (AvgIpc) is 2.80. The number of pyridine rings is 1. The molecule has 1 heterocycles. The zero-order chi connectivity index (χ0) is 22.2. The largest absolute Gasteiger partial charge is 0.497 e. The summed E-state index contributed by atoms with van der Waals surface area (Å²) < 4.78 is 10.6. The number of ether oxygens (including phenoxy) is 2. The van der Waals surface area contributed by atoms with Gasteiger partial charge in [0.15, 0.2) is 0 Å². The first-order chi connectivity index (χ1) is 15.0. The van der Waals surface area contributed by atoms with Crippen LogP contribution in [-0.2, 0) is 4.79 Å². The molecule has 3 rings (SSSR count). The fourth-order valence-corrected chi connectivity index (χ4v) is 3.70. The summed E-state index contributed by atoms with van der Waals surface area (Å²) in [5, 5.41) is 12.4. The summed E-state index contributed by atoms with van der Waals surface area (Å²) >= 11 is 1.25. The first-order valence-electron chi connectivity index (χ1n) is 9.80. The Morgan fingerprint density at radius 2 is 1.77 bits per heavy atom. The van der Waals surface area contributed by atoms with E-state index in [0.717, 1.165) is 22.8 Å². The van der Waals surface area contributed by atoms with Crippen LogP contribution in [0.15, 0.2) is 65.7 Å². The van der Waals surface area contributed by atoms with E-state index in [-0.39, 0.29) is 5.91 Å². The van der Waals surface area contributed by atoms with E-state index in [1.54, 1.807) is 38.3 Å². The van der Waals surface area contributed by atoms with Gasteiger partial charge < -0.3 is 14.8 Å². The van der Waals surface area contributed by atoms with Crippen LogP contribution in [0.25, 0.3) is 11.3 Å². The van der Waals surface area contributed by atoms with Gasteiger partial charge in [-0.15, -0.1) is 0 Å². The number of hydrogen-bond acceptors (Lipinski definition) is 6. The second-order valence-electron chi connectivity index (χ2n) is 6.60. The maximum atomic E-state index is 12.7. The van der Waals surface area contributed by atoms with Crippen molar-refractivity contribution in [3.05, 3.63) is 66.2 Å². The van der Waals surface area contributed by atoms with E-state index >= 15 is 0 Å². The highest BCUT2D eigenvalue weighted by Gasteiger charge is 2.18. The van der Waals surface area contributed by atoms with Crippen LogP contribution in [0.5, 0.6) is 11.5 Å². The molecule has 1 N–H and O–H groups in total. The smallest absolute Gasteiger partial charge is 0.237 e. The van der Waals surface area contributed by atoms with Gasteiger partial charge in [0.05, 0.1) is 30.2 Å². The van der Waals surface area contributed by atoms with E-state index in [2.05, 4.69) is 16.4 Å². The Bertz CT molecular complexity index is 1080. The van der Waals surface area contributed by atoms with E-state index in [1.165, 1.54) is 11.8 Å². The van der Waals surface area contributed by atoms with E-state index in [0.29, 0.717) is 22.9 Å². The van der Waals surface area contributed by atoms with Crippen molar-refractivity contribution >= 4 is 23.4 Å². The topological polar surface area (TPSA) is 84.2 Å². The zero-order valence-electron chi connectivity index (χ0n) is 17.6. The van der Waals surface area contributed by atoms with Crippen molar-refractivity contribution in [1.29, 1.82) is 5.26 Å². The number of methoxy groups -OCH3 is 1. The molecule has 0 saturated heterocycles. The highest BCUT2D eigenvalue weighted by atomic mass is 32.2. The van der Waals surface area contributed by atoms with Gasteiger partial charge >= 0.3 is 0 Å². The standard InChI is InChI=1S/C24H23N3O3S/c1-4-30-21-12-8-19(9-13-21)26-23(28)16(2)31-24-18(15-25)7-14-22(27-24)17-5-10-20(29-3)11-6-17/h5-14,16H,4H2,1-3H3,(H,26,28). The third-order valence-electron chi connectivity index (χ3n) is 4.46. The molecule has 3 aromatic rings. The molecule has 0 radical (unpaired) electrons. The van der Waals surface area contributed by atoms with E-state index in [4.69, 9.17) is 9.47 Å². The van der Waals surface area contributed by atoms with Gasteiger partial charge in [-0.25, -0.2) is 4.98 Å². The second-order valence-corrected chi connectivity index (χ2v) is 7.93. The molecule has 0 fully saturated rings. The Balaban J connectivity index is 1.73. The minimum Gasteiger partial charge on any atom is -0.497 e. The highest BCUT2D eigenvalue weighted by molar-refractivity contribution is 8.00. The SMILES string of the molecule is CCOc1ccc(NC(=O)C(C)Sc2nc(-c3ccc(OC)cc3)ccc2C#N)cc1. The molecule has 1 atom stereocenters. The Kier molecular flexibility index (Phi) is 7.52. The van der Waals surface area contributed by atoms with Gasteiger partial charge in [-0.05, 0) is 74.5 Å². The highest BCUT2D eigenvalue weighted by Crippen LogP contribution is 2.29. The summed E-state index contributed by atoms with van der Waals surface area (Å²) in [6, 6.07) is 20.4. The molecule has 0 aliphatic heterocycles. The molecule has 1 aromatic heterocycles. The minimum absolute atomic E-state index is 0.172. The number of carbonyl (C=O) groups excluding carboxylic acids is 1. The number of nitriles is 1. The van der Waals surface area contributed by atoms with Crippen molar-refractivity contribution in [2.75, 3.05) is 19.0 Å². The molecule has 0 spiro atoms. The minimum atomic E-state index is -0.447. The number of nitrogens with zero attached hydrogens (tertiary/aromatic N) is 2. The number of benzene rings is 2. The Morgan fingerprint density at radius 1 is 1.10 bits per heavy atom. The van der Waals surface area contributed by atoms with Gasteiger partial charge in [-0.1, -0.05) is 11.8 Å². The molecule has 2 aromatic carbocycles. The molecular weight excluding hydrogens is 410 g/mol. The van der Waals surface area contributed by atoms with Crippen molar-refractivity contribution in [3.63, 3.8) is 0 Å². The Morgan fingerprint density at radius 3 is 2.39 bits per heavy atom. The van der Waals surface area contributed by atoms with Crippen LogP contribution in [0.3, 0.4) is 0 Å². The summed E-state index contributed by atoms with van der Waals surface area (Å²) in [5.41, 5.74) is 2.74. The summed E-state index contributed by atoms with van der Waals surface area (Å²) in [4.78, 5) is 17.3. The summed E-state index contributed by atoms with van der Waals surface area (Å²) in [6.07, 6.45) is 0. The van der Waals surface area contributed by atoms with Crippen LogP contribution in [-0.4, -0.2) is 29.9 Å². The fourth-order valence-electron chi connectivity index (χ4n) is 2.80. The van der Waals surface area contributed by atoms with Crippen LogP contribution in [0.1, 0.15) is 19.4 Å². The predicted molar refractivity (Wildman–Crippen MR) is 122 cm³/mol. The van der Waals surface area contributed by atoms with Gasteiger partial charge in [-0.3, -0.25) is 4.79 Å². The van der Waals surface area contributed by atoms with Crippen LogP contribution in [0.4, 0.5) is 5.69 Å². The van der Waals surface area contributed by atoms with Gasteiger partial charge in [0.1, 0.15) is 22.6 Å². The Labute approximate surface area is 186 Å². The van der Waals surface area contributed by atoms with Crippen molar-refractivity contribution < 1.29 is 14.3 Å². The number of nitrogens with one attached hydrogen (secondary N) is 1. The third kappa shape index (κ3) is 5.77. The monoisotopic (exact) mass is 433 g/mol. The number of thioether (sulfide) groups is 1. The van der Waals surface area contributed by atoms with Crippen LogP contribution < -0.4 is 14.8 Å². The fraction of sp³-hybridized carbons (Fsp3) is 0.208. The molecule has 1 amide bonds. The van der Waals surface area contributed by atoms with Gasteiger partial charge in [0.25, 0.3) is 0 Å². The second kappa shape index (κ2) is 10.5. The molecule has 0 aliphatic rings. The number of amides is 1. The maximum Gasteiger partial charge on any atom is 0.237 e. The lowest BCUT2D eigenvalue weighted by Gasteiger charge is -2.13. The van der Waals surface area contributed by atoms with Crippen molar-refractivity contribution in [2.24, 2.45) is 0 Å². The first-order valence-corrected chi connectivity index (χ1v) is 10.7. The number of anilines is 1. The zero-order valence-corrected chi connectivity index (χ0v) is 18.4. The van der Waals surface area contributed by atoms with Crippen LogP contribution in [0.2, 0.25) is 0 Å². The average molecular weight is 434 g/mol. The number of aromatic nitrogens is 1. The molecule has 158 valence electrons. The molecule has 31 heavy (non-hydrogen) atoms. The molecule has 6 nitrogen and oxygen atoms in total. The lowest BCUT2D eigenvalue weighted by atomic mass is 10.1. The van der Waals surface area contributed by atoms with Crippen molar-refractivity contribution in [2.45, 2.75) is 24.1 Å². The third-order valence-corrected chi connectivity index (χ3v) is 5.56. The summed E-state index contributed by atoms with van der Waals surface area (Å²) in [5.74, 6) is 1.34. The van der Waals surface area contributed by atoms with E-state index in [1.807, 2.05) is 43.3 Å². The number of carbonyl (C=O) groups is 1. The quantitative estimate of drug-likeness (QED) is 0.495. The Hall–Kier alpha value is -3.50. The summed E-state index contributed by atoms with van der Waals surface area (Å²) in [6.45, 7) is 4.29. The molecule has 7 heteroatoms. The maximum absolute atomic E-state index is 12.7. The normalized spacial score (nSPS) is 11.3. The molecule has 0 bridgehead atoms. The van der Waals surface area contributed by atoms with Crippen LogP contribution in [0, 0.1) is 11.3 Å². The predicted octanol–water partition coefficient (Wildman–Crippen LogP) is 5.15. The summed E-state index contributed by atoms with van der Waals surface area (Å²) in [7, 11) is 1.61. The van der Waals surface area contributed by atoms with E-state index in [9.17, 15) is 10.1 Å². The molecule has 0 saturated carbocycles. The van der Waals surface area contributed by atoms with Gasteiger partial charge in [0, 0.05) is 11.3 Å². The molecule has 0 aliphatic carbocycles. The van der Waals surface area contributed by atoms with Gasteiger partial charge in [-0.2, -0.15) is 5.26 Å².